The lowest BCUT2D eigenvalue weighted by Crippen LogP contribution is -2.42. The summed E-state index contributed by atoms with van der Waals surface area (Å²) in [5.74, 6) is 4.24. The molecule has 0 amide bonds. The Bertz CT molecular complexity index is 1000. The van der Waals surface area contributed by atoms with Crippen molar-refractivity contribution in [2.24, 2.45) is 29.6 Å². The fraction of sp³-hybridized carbons (Fsp3) is 0.667. The summed E-state index contributed by atoms with van der Waals surface area (Å²) in [5, 5.41) is 10.3. The van der Waals surface area contributed by atoms with Crippen molar-refractivity contribution in [3.63, 3.8) is 0 Å². The maximum atomic E-state index is 13.4. The van der Waals surface area contributed by atoms with E-state index in [9.17, 15) is 9.90 Å². The average molecular weight is 436 g/mol. The summed E-state index contributed by atoms with van der Waals surface area (Å²) < 4.78 is 12.7. The van der Waals surface area contributed by atoms with Crippen molar-refractivity contribution in [1.82, 2.24) is 4.90 Å². The summed E-state index contributed by atoms with van der Waals surface area (Å²) in [4.78, 5) is 15.8. The van der Waals surface area contributed by atoms with Crippen molar-refractivity contribution in [2.75, 3.05) is 13.6 Å². The van der Waals surface area contributed by atoms with Crippen LogP contribution < -0.4 is 9.47 Å². The topological polar surface area (TPSA) is 59.0 Å². The third-order valence-corrected chi connectivity index (χ3v) is 9.75. The molecule has 7 rings (SSSR count). The summed E-state index contributed by atoms with van der Waals surface area (Å²) in [6.45, 7) is 1.83. The molecule has 1 N–H and O–H groups in total. The fourth-order valence-corrected chi connectivity index (χ4v) is 8.34. The van der Waals surface area contributed by atoms with E-state index in [-0.39, 0.29) is 23.4 Å². The number of ether oxygens (including phenoxy) is 2. The summed E-state index contributed by atoms with van der Waals surface area (Å²) in [6, 6.07) is 4.08. The number of carbonyl (C=O) groups excluding carboxylic acids is 1. The van der Waals surface area contributed by atoms with Gasteiger partial charge in [-0.2, -0.15) is 0 Å². The molecule has 4 aliphatic carbocycles. The molecule has 3 bridgehead atoms. The zero-order chi connectivity index (χ0) is 21.6. The largest absolute Gasteiger partial charge is 0.485 e. The molecular formula is C27H33NO4. The van der Waals surface area contributed by atoms with Crippen molar-refractivity contribution >= 4 is 5.97 Å². The molecule has 1 aromatic rings. The number of aliphatic hydroxyl groups excluding tert-OH is 1. The second-order valence-electron chi connectivity index (χ2n) is 11.6. The first-order valence-electron chi connectivity index (χ1n) is 12.6. The number of benzene rings is 1. The molecule has 2 heterocycles. The van der Waals surface area contributed by atoms with E-state index in [2.05, 4.69) is 24.1 Å². The molecule has 2 aliphatic heterocycles. The van der Waals surface area contributed by atoms with Crippen molar-refractivity contribution in [1.29, 1.82) is 0 Å². The van der Waals surface area contributed by atoms with Crippen molar-refractivity contribution in [3.8, 4) is 11.5 Å². The van der Waals surface area contributed by atoms with Gasteiger partial charge in [0.25, 0.3) is 0 Å². The van der Waals surface area contributed by atoms with E-state index in [0.717, 1.165) is 49.4 Å². The molecule has 1 aromatic carbocycles. The molecule has 0 saturated heterocycles. The van der Waals surface area contributed by atoms with Crippen LogP contribution in [-0.4, -0.2) is 41.8 Å². The Kier molecular flexibility index (Phi) is 4.18. The van der Waals surface area contributed by atoms with E-state index in [1.165, 1.54) is 36.8 Å². The quantitative estimate of drug-likeness (QED) is 0.435. The van der Waals surface area contributed by atoms with Crippen LogP contribution in [0, 0.1) is 29.6 Å². The molecule has 0 radical (unpaired) electrons. The highest BCUT2D eigenvalue weighted by molar-refractivity contribution is 5.77. The number of rotatable bonds is 2. The molecule has 5 heteroatoms. The molecule has 0 aromatic heterocycles. The first-order chi connectivity index (χ1) is 15.5. The highest BCUT2D eigenvalue weighted by atomic mass is 16.6. The van der Waals surface area contributed by atoms with Gasteiger partial charge in [0.1, 0.15) is 6.10 Å². The monoisotopic (exact) mass is 435 g/mol. The van der Waals surface area contributed by atoms with E-state index in [4.69, 9.17) is 9.47 Å². The summed E-state index contributed by atoms with van der Waals surface area (Å²) in [7, 11) is 2.15. The molecule has 32 heavy (non-hydrogen) atoms. The maximum absolute atomic E-state index is 13.4. The summed E-state index contributed by atoms with van der Waals surface area (Å²) >= 11 is 0. The Morgan fingerprint density at radius 2 is 1.94 bits per heavy atom. The van der Waals surface area contributed by atoms with Gasteiger partial charge >= 0.3 is 5.97 Å². The number of aliphatic hydroxyl groups is 1. The predicted molar refractivity (Wildman–Crippen MR) is 119 cm³/mol. The van der Waals surface area contributed by atoms with E-state index in [1.807, 2.05) is 12.1 Å². The van der Waals surface area contributed by atoms with Crippen molar-refractivity contribution in [2.45, 2.75) is 69.1 Å². The number of nitrogens with zero attached hydrogens (tertiary/aromatic N) is 1. The average Bonchev–Trinajstić information content (AvgIpc) is 3.14. The van der Waals surface area contributed by atoms with E-state index >= 15 is 0 Å². The van der Waals surface area contributed by atoms with Gasteiger partial charge in [-0.3, -0.25) is 4.79 Å². The third kappa shape index (κ3) is 2.73. The zero-order valence-corrected chi connectivity index (χ0v) is 18.8. The molecule has 5 unspecified atom stereocenters. The Morgan fingerprint density at radius 3 is 2.81 bits per heavy atom. The number of hydrogen-bond acceptors (Lipinski definition) is 5. The lowest BCUT2D eigenvalue weighted by Gasteiger charge is -2.38. The fourth-order valence-electron chi connectivity index (χ4n) is 8.34. The normalized spacial score (nSPS) is 43.4. The molecule has 170 valence electrons. The molecule has 5 nitrogen and oxygen atoms in total. The molecule has 6 aliphatic rings. The minimum atomic E-state index is -0.483. The molecular weight excluding hydrogens is 402 g/mol. The van der Waals surface area contributed by atoms with Crippen molar-refractivity contribution in [3.05, 3.63) is 35.4 Å². The second-order valence-corrected chi connectivity index (χ2v) is 11.6. The van der Waals surface area contributed by atoms with Crippen LogP contribution in [0.25, 0.3) is 0 Å². The van der Waals surface area contributed by atoms with Crippen LogP contribution in [-0.2, 0) is 16.8 Å². The van der Waals surface area contributed by atoms with Crippen LogP contribution in [0.3, 0.4) is 0 Å². The van der Waals surface area contributed by atoms with Gasteiger partial charge in [0.2, 0.25) is 0 Å². The number of fused-ring (bicyclic) bond motifs is 2. The number of esters is 1. The standard InChI is InChI=1S/C27H33NO4/c1-28-7-6-27-5-4-20(29)13-23(27)32-25-22(3-2-16(14-28)24(25)27)31-26(30)21-12-18-9-15-8-17(18)11-19(21)10-15/h2-5,15,17-21,23,29H,6-14H2,1H3/t15?,17?,18?,19?,20-,21?,23-,27-/m0/s1. The van der Waals surface area contributed by atoms with Crippen molar-refractivity contribution < 1.29 is 19.4 Å². The minimum absolute atomic E-state index is 0.0399. The molecule has 1 spiro atoms. The zero-order valence-electron chi connectivity index (χ0n) is 18.8. The smallest absolute Gasteiger partial charge is 0.314 e. The van der Waals surface area contributed by atoms with Gasteiger partial charge in [-0.15, -0.1) is 0 Å². The Balaban J connectivity index is 1.23. The lowest BCUT2D eigenvalue weighted by molar-refractivity contribution is -0.143. The number of hydrogen-bond donors (Lipinski definition) is 1. The van der Waals surface area contributed by atoms with Crippen LogP contribution >= 0.6 is 0 Å². The summed E-state index contributed by atoms with van der Waals surface area (Å²) in [5.41, 5.74) is 2.20. The molecule has 8 atom stereocenters. The van der Waals surface area contributed by atoms with Gasteiger partial charge in [0, 0.05) is 18.5 Å². The lowest BCUT2D eigenvalue weighted by atomic mass is 9.66. The molecule has 3 saturated carbocycles. The minimum Gasteiger partial charge on any atom is -0.485 e. The van der Waals surface area contributed by atoms with E-state index in [0.29, 0.717) is 18.1 Å². The highest BCUT2D eigenvalue weighted by Gasteiger charge is 2.54. The third-order valence-electron chi connectivity index (χ3n) is 9.75. The Morgan fingerprint density at radius 1 is 1.12 bits per heavy atom. The van der Waals surface area contributed by atoms with Gasteiger partial charge < -0.3 is 19.5 Å². The molecule has 3 fully saturated rings. The highest BCUT2D eigenvalue weighted by Crippen LogP contribution is 2.58. The first kappa shape index (κ1) is 19.6. The van der Waals surface area contributed by atoms with Gasteiger partial charge in [-0.1, -0.05) is 18.2 Å². The van der Waals surface area contributed by atoms with Crippen LogP contribution in [0.5, 0.6) is 11.5 Å². The van der Waals surface area contributed by atoms with Gasteiger partial charge in [0.15, 0.2) is 11.5 Å². The van der Waals surface area contributed by atoms with Crippen LogP contribution in [0.1, 0.15) is 56.1 Å². The van der Waals surface area contributed by atoms with Crippen LogP contribution in [0.2, 0.25) is 0 Å². The van der Waals surface area contributed by atoms with E-state index < -0.39 is 6.10 Å². The maximum Gasteiger partial charge on any atom is 0.314 e. The second kappa shape index (κ2) is 6.83. The number of carbonyl (C=O) groups is 1. The summed E-state index contributed by atoms with van der Waals surface area (Å²) in [6.07, 6.45) is 11.2. The van der Waals surface area contributed by atoms with E-state index in [1.54, 1.807) is 0 Å². The van der Waals surface area contributed by atoms with Crippen LogP contribution in [0.15, 0.2) is 24.3 Å². The van der Waals surface area contributed by atoms with Gasteiger partial charge in [0.05, 0.1) is 17.4 Å². The Labute approximate surface area is 189 Å². The van der Waals surface area contributed by atoms with Gasteiger partial charge in [-0.05, 0) is 87.4 Å². The SMILES string of the molecule is CN1CC[C@@]23C=C[C@H](O)C[C@@H]2Oc2c(OC(=O)C4CC5CC6CC5CC4C6)ccc(c23)C1. The predicted octanol–water partition coefficient (Wildman–Crippen LogP) is 3.82. The Hall–Kier alpha value is -1.85. The van der Waals surface area contributed by atoms with Gasteiger partial charge in [-0.25, -0.2) is 0 Å². The first-order valence-corrected chi connectivity index (χ1v) is 12.6. The van der Waals surface area contributed by atoms with Crippen LogP contribution in [0.4, 0.5) is 0 Å².